The molecule has 2 N–H and O–H groups in total. The Balaban J connectivity index is 2.18. The molecule has 0 spiro atoms. The van der Waals surface area contributed by atoms with Crippen LogP contribution >= 0.6 is 0 Å². The second-order valence-electron chi connectivity index (χ2n) is 5.82. The Morgan fingerprint density at radius 3 is 2.70 bits per heavy atom. The number of esters is 1. The molecular formula is C16H20N2O2. The third kappa shape index (κ3) is 3.54. The summed E-state index contributed by atoms with van der Waals surface area (Å²) in [5.41, 5.74) is 6.23. The third-order valence-electron chi connectivity index (χ3n) is 2.88. The number of nitrogens with zero attached hydrogens (tertiary/aromatic N) is 1. The smallest absolute Gasteiger partial charge is 0.323 e. The molecule has 4 heteroatoms. The number of aromatic nitrogens is 1. The molecule has 1 aromatic carbocycles. The maximum atomic E-state index is 11.9. The molecule has 0 aliphatic carbocycles. The van der Waals surface area contributed by atoms with Crippen molar-refractivity contribution in [2.75, 3.05) is 0 Å². The van der Waals surface area contributed by atoms with Gasteiger partial charge in [0.25, 0.3) is 0 Å². The molecule has 0 unspecified atom stereocenters. The fourth-order valence-corrected chi connectivity index (χ4v) is 2.01. The van der Waals surface area contributed by atoms with Gasteiger partial charge in [0, 0.05) is 18.0 Å². The van der Waals surface area contributed by atoms with Gasteiger partial charge in [0.05, 0.1) is 5.69 Å². The molecule has 106 valence electrons. The van der Waals surface area contributed by atoms with Crippen LogP contribution in [-0.4, -0.2) is 22.6 Å². The Morgan fingerprint density at radius 2 is 2.00 bits per heavy atom. The quantitative estimate of drug-likeness (QED) is 0.872. The first kappa shape index (κ1) is 14.5. The van der Waals surface area contributed by atoms with Gasteiger partial charge in [0.1, 0.15) is 11.6 Å². The van der Waals surface area contributed by atoms with Crippen molar-refractivity contribution in [3.05, 3.63) is 42.2 Å². The monoisotopic (exact) mass is 272 g/mol. The zero-order valence-electron chi connectivity index (χ0n) is 12.1. The van der Waals surface area contributed by atoms with E-state index in [1.807, 2.05) is 51.1 Å². The van der Waals surface area contributed by atoms with E-state index in [1.165, 1.54) is 0 Å². The van der Waals surface area contributed by atoms with Gasteiger partial charge in [-0.2, -0.15) is 0 Å². The molecule has 4 nitrogen and oxygen atoms in total. The number of benzene rings is 1. The van der Waals surface area contributed by atoms with Gasteiger partial charge in [-0.25, -0.2) is 0 Å². The van der Waals surface area contributed by atoms with Crippen LogP contribution in [0, 0.1) is 0 Å². The molecule has 2 aromatic rings. The van der Waals surface area contributed by atoms with Gasteiger partial charge in [0.2, 0.25) is 0 Å². The van der Waals surface area contributed by atoms with Crippen molar-refractivity contribution in [3.8, 4) is 0 Å². The predicted molar refractivity (Wildman–Crippen MR) is 79.3 cm³/mol. The van der Waals surface area contributed by atoms with E-state index in [0.717, 1.165) is 16.5 Å². The highest BCUT2D eigenvalue weighted by Crippen LogP contribution is 2.18. The Labute approximate surface area is 119 Å². The Morgan fingerprint density at radius 1 is 1.30 bits per heavy atom. The topological polar surface area (TPSA) is 65.2 Å². The average Bonchev–Trinajstić information content (AvgIpc) is 2.37. The normalized spacial score (nSPS) is 13.2. The molecule has 0 fully saturated rings. The number of fused-ring (bicyclic) bond motifs is 1. The molecular weight excluding hydrogens is 252 g/mol. The van der Waals surface area contributed by atoms with E-state index in [1.54, 1.807) is 6.20 Å². The van der Waals surface area contributed by atoms with E-state index >= 15 is 0 Å². The lowest BCUT2D eigenvalue weighted by molar-refractivity contribution is -0.156. The maximum Gasteiger partial charge on any atom is 0.323 e. The number of carbonyl (C=O) groups is 1. The first-order chi connectivity index (χ1) is 9.37. The fourth-order valence-electron chi connectivity index (χ4n) is 2.01. The van der Waals surface area contributed by atoms with E-state index in [9.17, 15) is 4.79 Å². The summed E-state index contributed by atoms with van der Waals surface area (Å²) in [6.45, 7) is 5.48. The minimum Gasteiger partial charge on any atom is -0.459 e. The molecule has 0 saturated heterocycles. The number of rotatable bonds is 3. The lowest BCUT2D eigenvalue weighted by atomic mass is 10.0. The van der Waals surface area contributed by atoms with Crippen LogP contribution in [0.3, 0.4) is 0 Å². The van der Waals surface area contributed by atoms with Crippen LogP contribution in [0.25, 0.3) is 10.8 Å². The first-order valence-corrected chi connectivity index (χ1v) is 6.68. The van der Waals surface area contributed by atoms with Gasteiger partial charge in [-0.05, 0) is 32.2 Å². The predicted octanol–water partition coefficient (Wildman–Crippen LogP) is 2.45. The Bertz CT molecular complexity index is 612. The van der Waals surface area contributed by atoms with E-state index in [4.69, 9.17) is 10.5 Å². The van der Waals surface area contributed by atoms with Crippen molar-refractivity contribution < 1.29 is 9.53 Å². The van der Waals surface area contributed by atoms with Gasteiger partial charge < -0.3 is 10.5 Å². The number of hydrogen-bond donors (Lipinski definition) is 1. The minimum absolute atomic E-state index is 0.371. The van der Waals surface area contributed by atoms with Crippen LogP contribution in [0.1, 0.15) is 26.5 Å². The summed E-state index contributed by atoms with van der Waals surface area (Å²) < 4.78 is 5.29. The maximum absolute atomic E-state index is 11.9. The lowest BCUT2D eigenvalue weighted by Gasteiger charge is -2.22. The molecule has 0 saturated carbocycles. The SMILES string of the molecule is CC(C)(C)OC(=O)[C@@H](N)Cc1nccc2ccccc12. The van der Waals surface area contributed by atoms with Crippen LogP contribution in [-0.2, 0) is 16.0 Å². The summed E-state index contributed by atoms with van der Waals surface area (Å²) in [7, 11) is 0. The molecule has 0 amide bonds. The second-order valence-corrected chi connectivity index (χ2v) is 5.82. The second kappa shape index (κ2) is 5.59. The number of nitrogens with two attached hydrogens (primary N) is 1. The van der Waals surface area contributed by atoms with Crippen molar-refractivity contribution in [3.63, 3.8) is 0 Å². The summed E-state index contributed by atoms with van der Waals surface area (Å²) in [4.78, 5) is 16.3. The molecule has 1 heterocycles. The summed E-state index contributed by atoms with van der Waals surface area (Å²) in [5.74, 6) is -0.396. The summed E-state index contributed by atoms with van der Waals surface area (Å²) in [5, 5.41) is 2.11. The molecule has 20 heavy (non-hydrogen) atoms. The molecule has 1 atom stereocenters. The number of carbonyl (C=O) groups excluding carboxylic acids is 1. The van der Waals surface area contributed by atoms with Gasteiger partial charge in [-0.3, -0.25) is 9.78 Å². The lowest BCUT2D eigenvalue weighted by Crippen LogP contribution is -2.39. The number of pyridine rings is 1. The van der Waals surface area contributed by atoms with Crippen molar-refractivity contribution in [2.24, 2.45) is 5.73 Å². The van der Waals surface area contributed by atoms with E-state index in [-0.39, 0.29) is 0 Å². The fraction of sp³-hybridized carbons (Fsp3) is 0.375. The van der Waals surface area contributed by atoms with Gasteiger partial charge in [-0.1, -0.05) is 24.3 Å². The van der Waals surface area contributed by atoms with Crippen molar-refractivity contribution in [2.45, 2.75) is 38.8 Å². The van der Waals surface area contributed by atoms with Gasteiger partial charge in [0.15, 0.2) is 0 Å². The molecule has 0 aliphatic rings. The molecule has 2 rings (SSSR count). The van der Waals surface area contributed by atoms with Gasteiger partial charge >= 0.3 is 5.97 Å². The van der Waals surface area contributed by atoms with Crippen LogP contribution in [0.15, 0.2) is 36.5 Å². The number of hydrogen-bond acceptors (Lipinski definition) is 4. The molecule has 0 aliphatic heterocycles. The van der Waals surface area contributed by atoms with Crippen molar-refractivity contribution >= 4 is 16.7 Å². The minimum atomic E-state index is -0.701. The average molecular weight is 272 g/mol. The summed E-state index contributed by atoms with van der Waals surface area (Å²) in [6.07, 6.45) is 2.11. The van der Waals surface area contributed by atoms with Crippen molar-refractivity contribution in [1.29, 1.82) is 0 Å². The summed E-state index contributed by atoms with van der Waals surface area (Å²) >= 11 is 0. The molecule has 0 bridgehead atoms. The zero-order valence-corrected chi connectivity index (χ0v) is 12.1. The number of ether oxygens (including phenoxy) is 1. The van der Waals surface area contributed by atoms with E-state index < -0.39 is 17.6 Å². The molecule has 1 aromatic heterocycles. The van der Waals surface area contributed by atoms with E-state index in [0.29, 0.717) is 6.42 Å². The third-order valence-corrected chi connectivity index (χ3v) is 2.88. The van der Waals surface area contributed by atoms with Crippen LogP contribution in [0.4, 0.5) is 0 Å². The highest BCUT2D eigenvalue weighted by Gasteiger charge is 2.23. The zero-order chi connectivity index (χ0) is 14.8. The standard InChI is InChI=1S/C16H20N2O2/c1-16(2,3)20-15(19)13(17)10-14-12-7-5-4-6-11(12)8-9-18-14/h4-9,13H,10,17H2,1-3H3/t13-/m0/s1. The summed E-state index contributed by atoms with van der Waals surface area (Å²) in [6, 6.07) is 9.16. The van der Waals surface area contributed by atoms with Crippen LogP contribution in [0.2, 0.25) is 0 Å². The van der Waals surface area contributed by atoms with Crippen LogP contribution in [0.5, 0.6) is 0 Å². The van der Waals surface area contributed by atoms with E-state index in [2.05, 4.69) is 4.98 Å². The van der Waals surface area contributed by atoms with Gasteiger partial charge in [-0.15, -0.1) is 0 Å². The van der Waals surface area contributed by atoms with Crippen molar-refractivity contribution in [1.82, 2.24) is 4.98 Å². The highest BCUT2D eigenvalue weighted by atomic mass is 16.6. The Kier molecular flexibility index (Phi) is 4.04. The van der Waals surface area contributed by atoms with Crippen LogP contribution < -0.4 is 5.73 Å². The molecule has 0 radical (unpaired) electrons. The highest BCUT2D eigenvalue weighted by molar-refractivity contribution is 5.85. The Hall–Kier alpha value is -1.94. The largest absolute Gasteiger partial charge is 0.459 e. The first-order valence-electron chi connectivity index (χ1n) is 6.68.